The molecule has 0 aliphatic carbocycles. The second kappa shape index (κ2) is 6.37. The molecule has 24 heavy (non-hydrogen) atoms. The Balaban J connectivity index is 1.86. The van der Waals surface area contributed by atoms with E-state index in [-0.39, 0.29) is 11.5 Å². The zero-order chi connectivity index (χ0) is 17.3. The molecule has 6 heteroatoms. The van der Waals surface area contributed by atoms with Gasteiger partial charge >= 0.3 is 6.09 Å². The van der Waals surface area contributed by atoms with Gasteiger partial charge in [-0.15, -0.1) is 0 Å². The molecule has 1 amide bonds. The Morgan fingerprint density at radius 3 is 2.71 bits per heavy atom. The van der Waals surface area contributed by atoms with E-state index in [1.807, 2.05) is 6.07 Å². The van der Waals surface area contributed by atoms with Crippen LogP contribution in [0.3, 0.4) is 0 Å². The third-order valence-corrected chi connectivity index (χ3v) is 3.59. The van der Waals surface area contributed by atoms with Gasteiger partial charge in [-0.25, -0.2) is 4.79 Å². The van der Waals surface area contributed by atoms with E-state index in [2.05, 4.69) is 0 Å². The van der Waals surface area contributed by atoms with Crippen LogP contribution in [0.25, 0.3) is 6.08 Å². The number of hydrogen-bond acceptors (Lipinski definition) is 4. The first kappa shape index (κ1) is 16.1. The van der Waals surface area contributed by atoms with Gasteiger partial charge in [-0.05, 0) is 35.9 Å². The number of rotatable bonds is 2. The van der Waals surface area contributed by atoms with Gasteiger partial charge < -0.3 is 14.4 Å². The van der Waals surface area contributed by atoms with E-state index >= 15 is 0 Å². The van der Waals surface area contributed by atoms with Crippen LogP contribution in [0.1, 0.15) is 15.9 Å². The van der Waals surface area contributed by atoms with Gasteiger partial charge in [0.25, 0.3) is 0 Å². The molecule has 122 valence electrons. The van der Waals surface area contributed by atoms with Crippen LogP contribution < -0.4 is 9.47 Å². The summed E-state index contributed by atoms with van der Waals surface area (Å²) >= 11 is 5.94. The Morgan fingerprint density at radius 1 is 1.21 bits per heavy atom. The van der Waals surface area contributed by atoms with Crippen LogP contribution in [0.2, 0.25) is 5.02 Å². The minimum atomic E-state index is -0.506. The maximum absolute atomic E-state index is 12.4. The number of halogens is 1. The first-order valence-corrected chi connectivity index (χ1v) is 7.55. The third kappa shape index (κ3) is 3.26. The van der Waals surface area contributed by atoms with Gasteiger partial charge in [-0.3, -0.25) is 4.79 Å². The highest BCUT2D eigenvalue weighted by atomic mass is 35.5. The lowest BCUT2D eigenvalue weighted by Crippen LogP contribution is -2.25. The number of Topliss-reactive ketones (excluding diaryl/α,β-unsaturated/α-hetero) is 1. The lowest BCUT2D eigenvalue weighted by molar-refractivity contribution is 0.101. The summed E-state index contributed by atoms with van der Waals surface area (Å²) in [6.45, 7) is 0. The zero-order valence-electron chi connectivity index (χ0n) is 13.1. The van der Waals surface area contributed by atoms with Crippen LogP contribution in [0.5, 0.6) is 11.5 Å². The number of ether oxygens (including phenoxy) is 2. The predicted molar refractivity (Wildman–Crippen MR) is 90.5 cm³/mol. The maximum atomic E-state index is 12.4. The number of ketones is 1. The van der Waals surface area contributed by atoms with Crippen LogP contribution >= 0.6 is 11.6 Å². The molecule has 0 unspecified atom stereocenters. The number of benzene rings is 2. The van der Waals surface area contributed by atoms with Gasteiger partial charge in [0.15, 0.2) is 5.76 Å². The topological polar surface area (TPSA) is 55.8 Å². The van der Waals surface area contributed by atoms with Crippen molar-refractivity contribution in [3.05, 3.63) is 64.4 Å². The maximum Gasteiger partial charge on any atom is 0.414 e. The summed E-state index contributed by atoms with van der Waals surface area (Å²) in [5.41, 5.74) is 1.19. The number of hydrogen-bond donors (Lipinski definition) is 0. The Hall–Kier alpha value is -2.79. The number of fused-ring (bicyclic) bond motifs is 1. The van der Waals surface area contributed by atoms with Crippen LogP contribution in [0.15, 0.2) is 48.2 Å². The van der Waals surface area contributed by atoms with Crippen molar-refractivity contribution in [2.24, 2.45) is 0 Å². The van der Waals surface area contributed by atoms with E-state index < -0.39 is 6.09 Å². The Morgan fingerprint density at radius 2 is 2.00 bits per heavy atom. The summed E-state index contributed by atoms with van der Waals surface area (Å²) in [5, 5.41) is 0.574. The molecular formula is C18H14ClNO4. The molecule has 0 atom stereocenters. The quantitative estimate of drug-likeness (QED) is 0.773. The van der Waals surface area contributed by atoms with Crippen molar-refractivity contribution in [1.82, 2.24) is 4.90 Å². The Bertz CT molecular complexity index is 858. The van der Waals surface area contributed by atoms with Crippen molar-refractivity contribution in [2.75, 3.05) is 14.1 Å². The van der Waals surface area contributed by atoms with Crippen LogP contribution in [0.4, 0.5) is 4.79 Å². The van der Waals surface area contributed by atoms with Crippen LogP contribution in [-0.2, 0) is 0 Å². The first-order valence-electron chi connectivity index (χ1n) is 7.17. The van der Waals surface area contributed by atoms with E-state index in [4.69, 9.17) is 21.1 Å². The van der Waals surface area contributed by atoms with E-state index in [0.29, 0.717) is 22.1 Å². The predicted octanol–water partition coefficient (Wildman–Crippen LogP) is 4.02. The van der Waals surface area contributed by atoms with E-state index in [1.54, 1.807) is 50.5 Å². The monoisotopic (exact) mass is 343 g/mol. The summed E-state index contributed by atoms with van der Waals surface area (Å²) in [5.74, 6) is 0.639. The molecular weight excluding hydrogens is 330 g/mol. The Kier molecular flexibility index (Phi) is 4.27. The highest BCUT2D eigenvalue weighted by Crippen LogP contribution is 2.35. The van der Waals surface area contributed by atoms with Gasteiger partial charge in [0.05, 0.1) is 5.56 Å². The molecule has 0 saturated carbocycles. The third-order valence-electron chi connectivity index (χ3n) is 3.36. The normalized spacial score (nSPS) is 14.3. The molecule has 1 aliphatic rings. The van der Waals surface area contributed by atoms with Gasteiger partial charge in [-0.1, -0.05) is 23.7 Å². The largest absolute Gasteiger partial charge is 0.452 e. The van der Waals surface area contributed by atoms with Crippen molar-refractivity contribution in [2.45, 2.75) is 0 Å². The van der Waals surface area contributed by atoms with Crippen molar-refractivity contribution in [3.8, 4) is 11.5 Å². The number of nitrogens with zero attached hydrogens (tertiary/aromatic N) is 1. The van der Waals surface area contributed by atoms with Crippen molar-refractivity contribution in [3.63, 3.8) is 0 Å². The van der Waals surface area contributed by atoms with Crippen LogP contribution in [-0.4, -0.2) is 30.9 Å². The molecule has 0 saturated heterocycles. The van der Waals surface area contributed by atoms with Crippen molar-refractivity contribution in [1.29, 1.82) is 0 Å². The second-order valence-electron chi connectivity index (χ2n) is 5.42. The SMILES string of the molecule is CN(C)C(=O)Oc1ccc2c(c1)OC(=Cc1cccc(Cl)c1)C2=O. The molecule has 0 aromatic heterocycles. The summed E-state index contributed by atoms with van der Waals surface area (Å²) < 4.78 is 10.8. The standard InChI is InChI=1S/C18H14ClNO4/c1-20(2)18(22)23-13-6-7-14-15(10-13)24-16(17(14)21)9-11-4-3-5-12(19)8-11/h3-10H,1-2H3. The van der Waals surface area contributed by atoms with Gasteiger partial charge in [0.1, 0.15) is 11.5 Å². The first-order chi connectivity index (χ1) is 11.4. The van der Waals surface area contributed by atoms with Gasteiger partial charge in [-0.2, -0.15) is 0 Å². The highest BCUT2D eigenvalue weighted by Gasteiger charge is 2.28. The average molecular weight is 344 g/mol. The summed E-state index contributed by atoms with van der Waals surface area (Å²) in [4.78, 5) is 25.3. The molecule has 2 aromatic carbocycles. The van der Waals surface area contributed by atoms with Gasteiger partial charge in [0.2, 0.25) is 5.78 Å². The van der Waals surface area contributed by atoms with Crippen LogP contribution in [0, 0.1) is 0 Å². The van der Waals surface area contributed by atoms with Crippen molar-refractivity contribution >= 4 is 29.6 Å². The molecule has 2 aromatic rings. The molecule has 1 aliphatic heterocycles. The minimum Gasteiger partial charge on any atom is -0.452 e. The molecule has 0 fully saturated rings. The van der Waals surface area contributed by atoms with E-state index in [0.717, 1.165) is 5.56 Å². The highest BCUT2D eigenvalue weighted by molar-refractivity contribution is 6.30. The van der Waals surface area contributed by atoms with E-state index in [9.17, 15) is 9.59 Å². The number of carbonyl (C=O) groups excluding carboxylic acids is 2. The lowest BCUT2D eigenvalue weighted by atomic mass is 10.1. The van der Waals surface area contributed by atoms with E-state index in [1.165, 1.54) is 11.0 Å². The Labute approximate surface area is 144 Å². The number of amides is 1. The molecule has 0 radical (unpaired) electrons. The lowest BCUT2D eigenvalue weighted by Gasteiger charge is -2.10. The fourth-order valence-corrected chi connectivity index (χ4v) is 2.37. The summed E-state index contributed by atoms with van der Waals surface area (Å²) in [6, 6.07) is 11.8. The molecule has 1 heterocycles. The second-order valence-corrected chi connectivity index (χ2v) is 5.85. The molecule has 0 N–H and O–H groups in total. The summed E-state index contributed by atoms with van der Waals surface area (Å²) in [7, 11) is 3.17. The molecule has 0 spiro atoms. The van der Waals surface area contributed by atoms with Gasteiger partial charge in [0, 0.05) is 25.2 Å². The molecule has 0 bridgehead atoms. The zero-order valence-corrected chi connectivity index (χ0v) is 13.8. The average Bonchev–Trinajstić information content (AvgIpc) is 2.83. The number of allylic oxidation sites excluding steroid dienone is 1. The fourth-order valence-electron chi connectivity index (χ4n) is 2.17. The molecule has 3 rings (SSSR count). The fraction of sp³-hybridized carbons (Fsp3) is 0.111. The number of carbonyl (C=O) groups is 2. The minimum absolute atomic E-state index is 0.198. The van der Waals surface area contributed by atoms with Crippen molar-refractivity contribution < 1.29 is 19.1 Å². The summed E-state index contributed by atoms with van der Waals surface area (Å²) in [6.07, 6.45) is 1.12. The smallest absolute Gasteiger partial charge is 0.414 e. The molecule has 5 nitrogen and oxygen atoms in total.